The summed E-state index contributed by atoms with van der Waals surface area (Å²) in [5, 5.41) is 0. The molecule has 1 atom stereocenters. The summed E-state index contributed by atoms with van der Waals surface area (Å²) in [6.45, 7) is 6.88. The standard InChI is InChI=1S/C20H26F3NO8SSi/c1-29-19(26)16-11-14(32-33(27,28)20(21,22)23)12-24(16)18(25)15-7-5-6-8-17(15)31-13-30-9-10-34(2,3)4/h5-8,12,16H,9-11,13H2,1-4H3/t16-/m0/s1. The molecule has 0 saturated heterocycles. The van der Waals surface area contributed by atoms with Gasteiger partial charge in [-0.05, 0) is 18.2 Å². The van der Waals surface area contributed by atoms with Crippen molar-refractivity contribution in [2.75, 3.05) is 20.5 Å². The molecule has 1 heterocycles. The van der Waals surface area contributed by atoms with Gasteiger partial charge >= 0.3 is 21.6 Å². The number of methoxy groups -OCH3 is 1. The summed E-state index contributed by atoms with van der Waals surface area (Å²) < 4.78 is 80.5. The Kier molecular flexibility index (Phi) is 8.77. The highest BCUT2D eigenvalue weighted by Crippen LogP contribution is 2.33. The monoisotopic (exact) mass is 525 g/mol. The van der Waals surface area contributed by atoms with Crippen LogP contribution in [0.25, 0.3) is 0 Å². The third kappa shape index (κ3) is 7.21. The summed E-state index contributed by atoms with van der Waals surface area (Å²) in [4.78, 5) is 26.1. The summed E-state index contributed by atoms with van der Waals surface area (Å²) in [6, 6.07) is 5.44. The average molecular weight is 526 g/mol. The predicted molar refractivity (Wildman–Crippen MR) is 117 cm³/mol. The third-order valence-electron chi connectivity index (χ3n) is 4.63. The smallest absolute Gasteiger partial charge is 0.467 e. The van der Waals surface area contributed by atoms with Crippen LogP contribution in [-0.2, 0) is 28.6 Å². The van der Waals surface area contributed by atoms with Crippen LogP contribution in [0, 0.1) is 0 Å². The lowest BCUT2D eigenvalue weighted by Gasteiger charge is -2.22. The maximum atomic E-state index is 13.2. The number of rotatable bonds is 10. The van der Waals surface area contributed by atoms with E-state index in [1.165, 1.54) is 18.2 Å². The first-order valence-corrected chi connectivity index (χ1v) is 15.2. The number of nitrogens with zero attached hydrogens (tertiary/aromatic N) is 1. The Morgan fingerprint density at radius 1 is 1.18 bits per heavy atom. The van der Waals surface area contributed by atoms with Crippen LogP contribution in [-0.4, -0.2) is 65.3 Å². The minimum atomic E-state index is -5.98. The zero-order valence-electron chi connectivity index (χ0n) is 19.0. The highest BCUT2D eigenvalue weighted by molar-refractivity contribution is 7.87. The number of alkyl halides is 3. The van der Waals surface area contributed by atoms with Crippen molar-refractivity contribution in [3.63, 3.8) is 0 Å². The summed E-state index contributed by atoms with van der Waals surface area (Å²) in [7, 11) is -6.27. The molecular formula is C20H26F3NO8SSi. The van der Waals surface area contributed by atoms with Crippen LogP contribution in [0.3, 0.4) is 0 Å². The van der Waals surface area contributed by atoms with Crippen LogP contribution in [0.4, 0.5) is 13.2 Å². The van der Waals surface area contributed by atoms with E-state index in [0.717, 1.165) is 24.3 Å². The first-order valence-electron chi connectivity index (χ1n) is 10.1. The molecule has 0 spiro atoms. The quantitative estimate of drug-likeness (QED) is 0.114. The molecule has 0 radical (unpaired) electrons. The fourth-order valence-corrected chi connectivity index (χ4v) is 4.06. The average Bonchev–Trinajstić information content (AvgIpc) is 3.14. The van der Waals surface area contributed by atoms with E-state index in [2.05, 4.69) is 28.6 Å². The van der Waals surface area contributed by atoms with Crippen molar-refractivity contribution in [2.45, 2.75) is 43.7 Å². The molecule has 190 valence electrons. The van der Waals surface area contributed by atoms with E-state index in [9.17, 15) is 31.2 Å². The Balaban J connectivity index is 2.22. The number of carbonyl (C=O) groups excluding carboxylic acids is 2. The van der Waals surface area contributed by atoms with Gasteiger partial charge in [-0.1, -0.05) is 31.8 Å². The van der Waals surface area contributed by atoms with Gasteiger partial charge in [0.2, 0.25) is 0 Å². The second-order valence-corrected chi connectivity index (χ2v) is 15.7. The number of benzene rings is 1. The molecule has 0 aromatic heterocycles. The molecule has 2 rings (SSSR count). The lowest BCUT2D eigenvalue weighted by molar-refractivity contribution is -0.144. The highest BCUT2D eigenvalue weighted by atomic mass is 32.2. The molecule has 1 aliphatic rings. The van der Waals surface area contributed by atoms with Gasteiger partial charge in [0.25, 0.3) is 5.91 Å². The van der Waals surface area contributed by atoms with Crippen LogP contribution in [0.15, 0.2) is 36.2 Å². The molecule has 0 aliphatic carbocycles. The van der Waals surface area contributed by atoms with Crippen molar-refractivity contribution in [1.29, 1.82) is 0 Å². The Morgan fingerprint density at radius 3 is 2.41 bits per heavy atom. The van der Waals surface area contributed by atoms with Gasteiger partial charge in [-0.2, -0.15) is 21.6 Å². The SMILES string of the molecule is COC(=O)[C@@H]1CC(OS(=O)(=O)C(F)(F)F)=CN1C(=O)c1ccccc1OCOCC[Si](C)(C)C. The van der Waals surface area contributed by atoms with Crippen molar-refractivity contribution in [3.05, 3.63) is 41.8 Å². The number of esters is 1. The summed E-state index contributed by atoms with van der Waals surface area (Å²) in [5.41, 5.74) is -5.71. The Bertz CT molecular complexity index is 1040. The van der Waals surface area contributed by atoms with E-state index in [1.54, 1.807) is 6.07 Å². The second-order valence-electron chi connectivity index (χ2n) is 8.51. The van der Waals surface area contributed by atoms with Crippen molar-refractivity contribution in [1.82, 2.24) is 4.90 Å². The number of halogens is 3. The van der Waals surface area contributed by atoms with E-state index in [0.29, 0.717) is 6.61 Å². The van der Waals surface area contributed by atoms with Gasteiger partial charge in [0, 0.05) is 27.3 Å². The van der Waals surface area contributed by atoms with Crippen LogP contribution >= 0.6 is 0 Å². The van der Waals surface area contributed by atoms with Gasteiger partial charge in [-0.15, -0.1) is 0 Å². The van der Waals surface area contributed by atoms with Gasteiger partial charge < -0.3 is 18.4 Å². The fraction of sp³-hybridized carbons (Fsp3) is 0.500. The van der Waals surface area contributed by atoms with E-state index in [4.69, 9.17) is 9.47 Å². The van der Waals surface area contributed by atoms with Crippen molar-refractivity contribution in [3.8, 4) is 5.75 Å². The Labute approximate surface area is 196 Å². The lowest BCUT2D eigenvalue weighted by atomic mass is 10.1. The van der Waals surface area contributed by atoms with Gasteiger partial charge in [-0.3, -0.25) is 9.69 Å². The van der Waals surface area contributed by atoms with Crippen molar-refractivity contribution < 1.29 is 49.6 Å². The number of para-hydroxylation sites is 1. The predicted octanol–water partition coefficient (Wildman–Crippen LogP) is 3.47. The van der Waals surface area contributed by atoms with Crippen LogP contribution < -0.4 is 4.74 Å². The van der Waals surface area contributed by atoms with Gasteiger partial charge in [0.15, 0.2) is 6.79 Å². The first-order chi connectivity index (χ1) is 15.7. The normalized spacial score (nSPS) is 16.7. The molecule has 0 fully saturated rings. The van der Waals surface area contributed by atoms with E-state index >= 15 is 0 Å². The van der Waals surface area contributed by atoms with E-state index < -0.39 is 53.8 Å². The maximum absolute atomic E-state index is 13.2. The molecule has 34 heavy (non-hydrogen) atoms. The molecule has 14 heteroatoms. The van der Waals surface area contributed by atoms with Crippen LogP contribution in [0.1, 0.15) is 16.8 Å². The maximum Gasteiger partial charge on any atom is 0.534 e. The van der Waals surface area contributed by atoms with Gasteiger partial charge in [-0.25, -0.2) is 4.79 Å². The van der Waals surface area contributed by atoms with Gasteiger partial charge in [0.1, 0.15) is 17.6 Å². The number of hydrogen-bond acceptors (Lipinski definition) is 8. The molecule has 0 unspecified atom stereocenters. The topological polar surface area (TPSA) is 108 Å². The molecule has 1 amide bonds. The second kappa shape index (κ2) is 10.8. The molecule has 0 N–H and O–H groups in total. The zero-order chi connectivity index (χ0) is 25.7. The number of carbonyl (C=O) groups is 2. The molecule has 1 aromatic carbocycles. The summed E-state index contributed by atoms with van der Waals surface area (Å²) in [6.07, 6.45) is 0.102. The first kappa shape index (κ1) is 27.7. The molecule has 1 aromatic rings. The Hall–Kier alpha value is -2.58. The third-order valence-corrected chi connectivity index (χ3v) is 7.34. The van der Waals surface area contributed by atoms with Gasteiger partial charge in [0.05, 0.1) is 12.7 Å². The minimum Gasteiger partial charge on any atom is -0.467 e. The largest absolute Gasteiger partial charge is 0.534 e. The highest BCUT2D eigenvalue weighted by Gasteiger charge is 2.50. The number of hydrogen-bond donors (Lipinski definition) is 0. The fourth-order valence-electron chi connectivity index (χ4n) is 2.81. The van der Waals surface area contributed by atoms with Crippen molar-refractivity contribution >= 4 is 30.1 Å². The number of ether oxygens (including phenoxy) is 3. The molecular weight excluding hydrogens is 499 g/mol. The van der Waals surface area contributed by atoms with Crippen LogP contribution in [0.5, 0.6) is 5.75 Å². The molecule has 0 bridgehead atoms. The molecule has 1 aliphatic heterocycles. The molecule has 0 saturated carbocycles. The number of amides is 1. The van der Waals surface area contributed by atoms with E-state index in [-0.39, 0.29) is 18.1 Å². The summed E-state index contributed by atoms with van der Waals surface area (Å²) in [5.74, 6) is -2.44. The minimum absolute atomic E-state index is 0.0265. The Morgan fingerprint density at radius 2 is 1.82 bits per heavy atom. The molecule has 9 nitrogen and oxygen atoms in total. The van der Waals surface area contributed by atoms with Crippen LogP contribution in [0.2, 0.25) is 25.7 Å². The lowest BCUT2D eigenvalue weighted by Crippen LogP contribution is -2.39. The van der Waals surface area contributed by atoms with E-state index in [1.807, 2.05) is 0 Å². The van der Waals surface area contributed by atoms with Crippen molar-refractivity contribution in [2.24, 2.45) is 0 Å². The summed E-state index contributed by atoms with van der Waals surface area (Å²) >= 11 is 0. The zero-order valence-corrected chi connectivity index (χ0v) is 20.9.